The summed E-state index contributed by atoms with van der Waals surface area (Å²) < 4.78 is 22.0. The van der Waals surface area contributed by atoms with E-state index in [-0.39, 0.29) is 25.7 Å². The lowest BCUT2D eigenvalue weighted by Gasteiger charge is -2.23. The number of unbranched alkanes of at least 4 members (excludes halogenated alkanes) is 10. The largest absolute Gasteiger partial charge is 0.472 e. The lowest BCUT2D eigenvalue weighted by atomic mass is 10.1. The van der Waals surface area contributed by atoms with Gasteiger partial charge in [0.05, 0.1) is 25.4 Å². The van der Waals surface area contributed by atoms with Crippen molar-refractivity contribution in [3.8, 4) is 0 Å². The average Bonchev–Trinajstić information content (AvgIpc) is 3.05. The Morgan fingerprint density at radius 2 is 1.26 bits per heavy atom. The Balaban J connectivity index is 4.43. The Hall–Kier alpha value is -2.06. The summed E-state index contributed by atoms with van der Waals surface area (Å²) in [6, 6.07) is -0.891. The molecule has 47 heavy (non-hydrogen) atoms. The predicted octanol–water partition coefficient (Wildman–Crippen LogP) is 9.32. The Bertz CT molecular complexity index is 960. The first kappa shape index (κ1) is 44.9. The van der Waals surface area contributed by atoms with E-state index >= 15 is 0 Å². The monoisotopic (exact) mass is 678 g/mol. The maximum atomic E-state index is 12.7. The molecule has 0 spiro atoms. The lowest BCUT2D eigenvalue weighted by molar-refractivity contribution is -0.123. The van der Waals surface area contributed by atoms with Crippen LogP contribution in [0.25, 0.3) is 0 Å². The first-order chi connectivity index (χ1) is 22.9. The Morgan fingerprint density at radius 1 is 0.723 bits per heavy atom. The first-order valence-electron chi connectivity index (χ1n) is 18.1. The zero-order valence-electron chi connectivity index (χ0n) is 29.5. The summed E-state index contributed by atoms with van der Waals surface area (Å²) in [5, 5.41) is 13.5. The van der Waals surface area contributed by atoms with Crippen LogP contribution in [0.3, 0.4) is 0 Å². The molecule has 0 rings (SSSR count). The van der Waals surface area contributed by atoms with Crippen molar-refractivity contribution < 1.29 is 28.4 Å². The van der Waals surface area contributed by atoms with Crippen LogP contribution in [0.2, 0.25) is 0 Å². The van der Waals surface area contributed by atoms with Crippen LogP contribution in [-0.2, 0) is 18.4 Å². The van der Waals surface area contributed by atoms with Gasteiger partial charge in [-0.25, -0.2) is 4.57 Å². The number of phosphoric acid groups is 1. The van der Waals surface area contributed by atoms with E-state index in [9.17, 15) is 19.4 Å². The van der Waals surface area contributed by atoms with Crippen molar-refractivity contribution >= 4 is 13.7 Å². The highest BCUT2D eigenvalue weighted by Crippen LogP contribution is 2.43. The number of aliphatic hydroxyl groups is 1. The molecule has 3 atom stereocenters. The normalized spacial score (nSPS) is 15.3. The van der Waals surface area contributed by atoms with Crippen LogP contribution >= 0.6 is 7.82 Å². The fourth-order valence-corrected chi connectivity index (χ4v) is 5.31. The van der Waals surface area contributed by atoms with Crippen LogP contribution in [0.5, 0.6) is 0 Å². The molecule has 0 aliphatic heterocycles. The maximum absolute atomic E-state index is 12.7. The summed E-state index contributed by atoms with van der Waals surface area (Å²) in [6.07, 6.45) is 42.3. The van der Waals surface area contributed by atoms with Gasteiger partial charge in [-0.15, -0.1) is 0 Å². The Morgan fingerprint density at radius 3 is 1.87 bits per heavy atom. The quantitative estimate of drug-likeness (QED) is 0.0317. The highest BCUT2D eigenvalue weighted by Gasteiger charge is 2.26. The number of allylic oxidation sites excluding steroid dienone is 11. The molecular formula is C38H67N2O6P. The molecule has 0 aromatic heterocycles. The molecule has 8 nitrogen and oxygen atoms in total. The summed E-state index contributed by atoms with van der Waals surface area (Å²) >= 11 is 0. The number of nitrogens with two attached hydrogens (primary N) is 1. The third-order valence-corrected chi connectivity index (χ3v) is 8.25. The highest BCUT2D eigenvalue weighted by molar-refractivity contribution is 7.47. The van der Waals surface area contributed by atoms with E-state index < -0.39 is 20.0 Å². The third-order valence-electron chi connectivity index (χ3n) is 7.27. The van der Waals surface area contributed by atoms with Crippen molar-refractivity contribution in [3.63, 3.8) is 0 Å². The van der Waals surface area contributed by atoms with Gasteiger partial charge in [0.25, 0.3) is 0 Å². The molecule has 0 saturated heterocycles. The standard InChI is InChI=1S/C38H67N2O6P/c1-3-5-7-9-11-13-15-16-17-18-19-20-22-24-26-28-30-32-38(42)40-36(35-46-47(43,44)45-34-33-39)37(41)31-29-27-25-23-21-14-12-10-8-6-4-2/h5,7,11,13,16-17,19-21,23,29,31,36-37,41H,3-4,6,8-10,12,14-15,18,22,24-28,30,32-35,39H2,1-2H3,(H,40,42)(H,43,44)/b7-5-,13-11-,17-16-,20-19-,23-21+,31-29+. The Labute approximate surface area is 287 Å². The van der Waals surface area contributed by atoms with Gasteiger partial charge in [0.15, 0.2) is 0 Å². The van der Waals surface area contributed by atoms with Gasteiger partial charge in [0.1, 0.15) is 0 Å². The van der Waals surface area contributed by atoms with Gasteiger partial charge < -0.3 is 21.1 Å². The minimum absolute atomic E-state index is 0.0657. The van der Waals surface area contributed by atoms with Crippen molar-refractivity contribution in [2.75, 3.05) is 19.8 Å². The van der Waals surface area contributed by atoms with E-state index in [1.807, 2.05) is 6.08 Å². The maximum Gasteiger partial charge on any atom is 0.472 e. The number of nitrogens with one attached hydrogen (secondary N) is 1. The number of aliphatic hydroxyl groups excluding tert-OH is 1. The lowest BCUT2D eigenvalue weighted by Crippen LogP contribution is -2.45. The summed E-state index contributed by atoms with van der Waals surface area (Å²) in [5.41, 5.74) is 5.34. The number of hydrogen-bond donors (Lipinski definition) is 4. The molecule has 0 radical (unpaired) electrons. The second-order valence-corrected chi connectivity index (χ2v) is 13.1. The minimum atomic E-state index is -4.35. The number of hydrogen-bond acceptors (Lipinski definition) is 6. The molecular weight excluding hydrogens is 611 g/mol. The van der Waals surface area contributed by atoms with Gasteiger partial charge >= 0.3 is 7.82 Å². The molecule has 5 N–H and O–H groups in total. The van der Waals surface area contributed by atoms with Crippen LogP contribution in [0.4, 0.5) is 0 Å². The third kappa shape index (κ3) is 32.3. The first-order valence-corrected chi connectivity index (χ1v) is 19.6. The van der Waals surface area contributed by atoms with E-state index in [4.69, 9.17) is 14.8 Å². The zero-order chi connectivity index (χ0) is 34.7. The molecule has 0 aromatic rings. The summed E-state index contributed by atoms with van der Waals surface area (Å²) in [5.74, 6) is -0.234. The SMILES string of the molecule is CC/C=C\C/C=C\C/C=C\C/C=C\CCCCCCC(=O)NC(COP(=O)(O)OCCN)C(O)/C=C/CC/C=C/CCCCCCC. The van der Waals surface area contributed by atoms with Crippen molar-refractivity contribution in [3.05, 3.63) is 72.9 Å². The van der Waals surface area contributed by atoms with Gasteiger partial charge in [-0.05, 0) is 70.6 Å². The van der Waals surface area contributed by atoms with E-state index in [0.29, 0.717) is 6.42 Å². The summed E-state index contributed by atoms with van der Waals surface area (Å²) in [4.78, 5) is 22.5. The summed E-state index contributed by atoms with van der Waals surface area (Å²) in [6.45, 7) is 3.91. The van der Waals surface area contributed by atoms with E-state index in [0.717, 1.165) is 77.0 Å². The molecule has 0 bridgehead atoms. The van der Waals surface area contributed by atoms with Crippen LogP contribution < -0.4 is 11.1 Å². The molecule has 0 fully saturated rings. The van der Waals surface area contributed by atoms with Gasteiger partial charge in [-0.2, -0.15) is 0 Å². The number of carbonyl (C=O) groups is 1. The Kier molecular flexibility index (Phi) is 32.3. The fourth-order valence-electron chi connectivity index (χ4n) is 4.55. The van der Waals surface area contributed by atoms with Gasteiger partial charge in [-0.1, -0.05) is 125 Å². The van der Waals surface area contributed by atoms with Gasteiger partial charge in [0.2, 0.25) is 5.91 Å². The number of phosphoric ester groups is 1. The molecule has 0 heterocycles. The van der Waals surface area contributed by atoms with Crippen LogP contribution in [0, 0.1) is 0 Å². The summed E-state index contributed by atoms with van der Waals surface area (Å²) in [7, 11) is -4.35. The smallest absolute Gasteiger partial charge is 0.387 e. The van der Waals surface area contributed by atoms with Crippen molar-refractivity contribution in [1.29, 1.82) is 0 Å². The molecule has 0 saturated carbocycles. The second-order valence-electron chi connectivity index (χ2n) is 11.7. The second kappa shape index (κ2) is 33.8. The van der Waals surface area contributed by atoms with E-state index in [1.54, 1.807) is 6.08 Å². The van der Waals surface area contributed by atoms with E-state index in [2.05, 4.69) is 79.9 Å². The van der Waals surface area contributed by atoms with Crippen molar-refractivity contribution in [2.24, 2.45) is 5.73 Å². The van der Waals surface area contributed by atoms with Crippen molar-refractivity contribution in [1.82, 2.24) is 5.32 Å². The molecule has 1 amide bonds. The van der Waals surface area contributed by atoms with Gasteiger partial charge in [0, 0.05) is 13.0 Å². The van der Waals surface area contributed by atoms with Crippen LogP contribution in [0.1, 0.15) is 129 Å². The number of rotatable bonds is 32. The minimum Gasteiger partial charge on any atom is -0.387 e. The average molecular weight is 679 g/mol. The topological polar surface area (TPSA) is 131 Å². The molecule has 270 valence electrons. The number of amides is 1. The molecule has 0 aliphatic carbocycles. The molecule has 3 unspecified atom stereocenters. The predicted molar refractivity (Wildman–Crippen MR) is 198 cm³/mol. The highest BCUT2D eigenvalue weighted by atomic mass is 31.2. The zero-order valence-corrected chi connectivity index (χ0v) is 30.4. The van der Waals surface area contributed by atoms with Crippen molar-refractivity contribution in [2.45, 2.75) is 142 Å². The van der Waals surface area contributed by atoms with Crippen LogP contribution in [0.15, 0.2) is 72.9 Å². The molecule has 0 aliphatic rings. The van der Waals surface area contributed by atoms with E-state index in [1.165, 1.54) is 32.1 Å². The van der Waals surface area contributed by atoms with Gasteiger partial charge in [-0.3, -0.25) is 13.8 Å². The fraction of sp³-hybridized carbons (Fsp3) is 0.658. The number of carbonyl (C=O) groups excluding carboxylic acids is 1. The van der Waals surface area contributed by atoms with Crippen LogP contribution in [-0.4, -0.2) is 47.8 Å². The molecule has 0 aromatic carbocycles. The molecule has 9 heteroatoms.